The number of hydrogen-bond acceptors (Lipinski definition) is 5. The lowest BCUT2D eigenvalue weighted by atomic mass is 9.77. The molecule has 2 heterocycles. The molecule has 2 aliphatic rings. The number of anilines is 1. The Morgan fingerprint density at radius 2 is 1.60 bits per heavy atom. The van der Waals surface area contributed by atoms with Crippen molar-refractivity contribution in [2.24, 2.45) is 5.92 Å². The van der Waals surface area contributed by atoms with Gasteiger partial charge in [-0.1, -0.05) is 35.9 Å². The summed E-state index contributed by atoms with van der Waals surface area (Å²) in [6, 6.07) is 19.6. The molecule has 7 heteroatoms. The molecule has 3 aromatic carbocycles. The van der Waals surface area contributed by atoms with Gasteiger partial charge in [0.2, 0.25) is 5.91 Å². The predicted molar refractivity (Wildman–Crippen MR) is 169 cm³/mol. The highest BCUT2D eigenvalue weighted by Gasteiger charge is 2.38. The molecule has 1 unspecified atom stereocenters. The number of hydrogen-bond donors (Lipinski definition) is 1. The van der Waals surface area contributed by atoms with Crippen molar-refractivity contribution in [1.29, 1.82) is 0 Å². The largest absolute Gasteiger partial charge is 0.493 e. The van der Waals surface area contributed by atoms with Crippen molar-refractivity contribution in [3.05, 3.63) is 87.9 Å². The lowest BCUT2D eigenvalue weighted by Crippen LogP contribution is -2.44. The Hall–Kier alpha value is -3.06. The first-order valence-corrected chi connectivity index (χ1v) is 15.4. The zero-order valence-corrected chi connectivity index (χ0v) is 26.3. The minimum atomic E-state index is -0.949. The number of ether oxygens (including phenoxy) is 2. The Balaban J connectivity index is 1.51. The maximum atomic E-state index is 13.9. The number of fused-ring (bicyclic) bond motifs is 1. The Labute approximate surface area is 255 Å². The van der Waals surface area contributed by atoms with Crippen LogP contribution in [0.5, 0.6) is 11.5 Å². The lowest BCUT2D eigenvalue weighted by molar-refractivity contribution is -0.118. The minimum absolute atomic E-state index is 0.0115. The average molecular weight is 591 g/mol. The molecule has 2 atom stereocenters. The van der Waals surface area contributed by atoms with Gasteiger partial charge in [0, 0.05) is 16.8 Å². The van der Waals surface area contributed by atoms with Crippen molar-refractivity contribution < 1.29 is 19.4 Å². The summed E-state index contributed by atoms with van der Waals surface area (Å²) in [5.74, 6) is 1.43. The number of rotatable bonds is 8. The zero-order valence-electron chi connectivity index (χ0n) is 25.6. The maximum Gasteiger partial charge on any atom is 0.232 e. The Kier molecular flexibility index (Phi) is 8.89. The number of piperidine rings is 1. The van der Waals surface area contributed by atoms with Crippen LogP contribution in [0.2, 0.25) is 5.02 Å². The molecule has 0 radical (unpaired) electrons. The molecule has 6 nitrogen and oxygen atoms in total. The van der Waals surface area contributed by atoms with Gasteiger partial charge >= 0.3 is 0 Å². The van der Waals surface area contributed by atoms with Crippen LogP contribution in [0.4, 0.5) is 5.69 Å². The quantitative estimate of drug-likeness (QED) is 0.302. The second kappa shape index (κ2) is 12.3. The van der Waals surface area contributed by atoms with Crippen LogP contribution >= 0.6 is 11.6 Å². The van der Waals surface area contributed by atoms with Crippen molar-refractivity contribution in [2.75, 3.05) is 25.1 Å². The molecule has 1 amide bonds. The standard InChI is InChI=1S/C35H43ClN2O4/c1-22(2)37-17-15-27(16-18-37)35(5,40)26-9-13-29(14-10-26)38-33(39)20-25-19-31(41-6)32(42-23(3)4)21-30(25)34(38)24-7-11-28(36)12-8-24/h7-14,19,21-23,27,34,40H,15-18,20H2,1-6H3/t34-,35?/m0/s1. The van der Waals surface area contributed by atoms with Gasteiger partial charge in [-0.25, -0.2) is 0 Å². The van der Waals surface area contributed by atoms with Crippen molar-refractivity contribution in [1.82, 2.24) is 4.90 Å². The molecular weight excluding hydrogens is 548 g/mol. The highest BCUT2D eigenvalue weighted by atomic mass is 35.5. The summed E-state index contributed by atoms with van der Waals surface area (Å²) in [6.45, 7) is 12.3. The summed E-state index contributed by atoms with van der Waals surface area (Å²) in [5.41, 5.74) is 3.55. The van der Waals surface area contributed by atoms with Gasteiger partial charge in [-0.05, 0) is 125 Å². The summed E-state index contributed by atoms with van der Waals surface area (Å²) in [4.78, 5) is 18.2. The van der Waals surface area contributed by atoms with Crippen molar-refractivity contribution >= 4 is 23.2 Å². The molecule has 0 saturated carbocycles. The van der Waals surface area contributed by atoms with Crippen molar-refractivity contribution in [3.8, 4) is 11.5 Å². The third-order valence-corrected chi connectivity index (χ3v) is 9.17. The van der Waals surface area contributed by atoms with Gasteiger partial charge in [-0.15, -0.1) is 0 Å². The van der Waals surface area contributed by atoms with Gasteiger partial charge in [-0.3, -0.25) is 4.79 Å². The van der Waals surface area contributed by atoms with Crippen LogP contribution < -0.4 is 14.4 Å². The number of likely N-dealkylation sites (tertiary alicyclic amines) is 1. The lowest BCUT2D eigenvalue weighted by Gasteiger charge is -2.41. The van der Waals surface area contributed by atoms with E-state index in [4.69, 9.17) is 21.1 Å². The number of carbonyl (C=O) groups is 1. The van der Waals surface area contributed by atoms with Gasteiger partial charge in [0.25, 0.3) is 0 Å². The summed E-state index contributed by atoms with van der Waals surface area (Å²) < 4.78 is 11.8. The fourth-order valence-electron chi connectivity index (χ4n) is 6.50. The van der Waals surface area contributed by atoms with Crippen LogP contribution in [0.15, 0.2) is 60.7 Å². The summed E-state index contributed by atoms with van der Waals surface area (Å²) in [7, 11) is 1.62. The topological polar surface area (TPSA) is 62.2 Å². The molecule has 1 saturated heterocycles. The van der Waals surface area contributed by atoms with Gasteiger partial charge < -0.3 is 24.4 Å². The molecule has 1 N–H and O–H groups in total. The second-order valence-corrected chi connectivity index (χ2v) is 12.8. The van der Waals surface area contributed by atoms with Crippen LogP contribution in [0.3, 0.4) is 0 Å². The van der Waals surface area contributed by atoms with Gasteiger partial charge in [-0.2, -0.15) is 0 Å². The number of amides is 1. The van der Waals surface area contributed by atoms with Crippen LogP contribution in [-0.2, 0) is 16.8 Å². The van der Waals surface area contributed by atoms with E-state index in [-0.39, 0.29) is 30.4 Å². The minimum Gasteiger partial charge on any atom is -0.493 e. The number of nitrogens with zero attached hydrogens (tertiary/aromatic N) is 2. The summed E-state index contributed by atoms with van der Waals surface area (Å²) >= 11 is 6.26. The fourth-order valence-corrected chi connectivity index (χ4v) is 6.63. The molecule has 0 bridgehead atoms. The third-order valence-electron chi connectivity index (χ3n) is 8.92. The van der Waals surface area contributed by atoms with E-state index >= 15 is 0 Å². The maximum absolute atomic E-state index is 13.9. The van der Waals surface area contributed by atoms with E-state index in [1.54, 1.807) is 7.11 Å². The SMILES string of the molecule is COc1cc2c(cc1OC(C)C)[C@H](c1ccc(Cl)cc1)N(c1ccc(C(C)(O)C3CCN(C(C)C)CC3)cc1)C(=O)C2. The van der Waals surface area contributed by atoms with Crippen molar-refractivity contribution in [2.45, 2.75) is 77.7 Å². The van der Waals surface area contributed by atoms with Crippen molar-refractivity contribution in [3.63, 3.8) is 0 Å². The number of aliphatic hydroxyl groups is 1. The monoisotopic (exact) mass is 590 g/mol. The summed E-state index contributed by atoms with van der Waals surface area (Å²) in [5, 5.41) is 12.3. The van der Waals surface area contributed by atoms with Crippen LogP contribution in [-0.4, -0.2) is 48.3 Å². The van der Waals surface area contributed by atoms with E-state index in [0.29, 0.717) is 22.6 Å². The molecule has 224 valence electrons. The predicted octanol–water partition coefficient (Wildman–Crippen LogP) is 7.14. The van der Waals surface area contributed by atoms with Crippen LogP contribution in [0, 0.1) is 5.92 Å². The Morgan fingerprint density at radius 1 is 0.952 bits per heavy atom. The van der Waals surface area contributed by atoms with E-state index in [1.165, 1.54) is 0 Å². The average Bonchev–Trinajstić information content (AvgIpc) is 2.96. The molecule has 5 rings (SSSR count). The first-order valence-electron chi connectivity index (χ1n) is 15.0. The molecule has 3 aromatic rings. The molecule has 2 aliphatic heterocycles. The van der Waals surface area contributed by atoms with Gasteiger partial charge in [0.15, 0.2) is 11.5 Å². The molecule has 0 aromatic heterocycles. The number of methoxy groups -OCH3 is 1. The van der Waals surface area contributed by atoms with E-state index in [1.807, 2.05) is 86.3 Å². The fraction of sp³-hybridized carbons (Fsp3) is 0.457. The normalized spacial score (nSPS) is 19.6. The number of halogens is 1. The van der Waals surface area contributed by atoms with Crippen LogP contribution in [0.1, 0.15) is 75.8 Å². The van der Waals surface area contributed by atoms with Gasteiger partial charge in [0.05, 0.1) is 31.3 Å². The first kappa shape index (κ1) is 30.4. The van der Waals surface area contributed by atoms with E-state index in [0.717, 1.165) is 53.9 Å². The molecule has 42 heavy (non-hydrogen) atoms. The highest BCUT2D eigenvalue weighted by Crippen LogP contribution is 2.44. The first-order chi connectivity index (χ1) is 20.0. The van der Waals surface area contributed by atoms with Gasteiger partial charge in [0.1, 0.15) is 0 Å². The van der Waals surface area contributed by atoms with Crippen LogP contribution in [0.25, 0.3) is 0 Å². The summed E-state index contributed by atoms with van der Waals surface area (Å²) in [6.07, 6.45) is 2.12. The highest BCUT2D eigenvalue weighted by molar-refractivity contribution is 6.30. The van der Waals surface area contributed by atoms with E-state index < -0.39 is 5.60 Å². The van der Waals surface area contributed by atoms with E-state index in [9.17, 15) is 9.90 Å². The Morgan fingerprint density at radius 3 is 2.17 bits per heavy atom. The molecule has 0 aliphatic carbocycles. The molecule has 0 spiro atoms. The second-order valence-electron chi connectivity index (χ2n) is 12.4. The number of carbonyl (C=O) groups excluding carboxylic acids is 1. The number of benzene rings is 3. The molecular formula is C35H43ClN2O4. The zero-order chi connectivity index (χ0) is 30.2. The molecule has 1 fully saturated rings. The van der Waals surface area contributed by atoms with E-state index in [2.05, 4.69) is 18.7 Å². The third kappa shape index (κ3) is 6.03. The smallest absolute Gasteiger partial charge is 0.232 e. The Bertz CT molecular complexity index is 1390.